The Bertz CT molecular complexity index is 172. The number of nitrogens with zero attached hydrogens (tertiary/aromatic N) is 1. The van der Waals surface area contributed by atoms with Gasteiger partial charge in [-0.3, -0.25) is 0 Å². The van der Waals surface area contributed by atoms with Gasteiger partial charge in [0.1, 0.15) is 0 Å². The fourth-order valence-electron chi connectivity index (χ4n) is 2.45. The van der Waals surface area contributed by atoms with Gasteiger partial charge in [0.05, 0.1) is 0 Å². The van der Waals surface area contributed by atoms with Gasteiger partial charge in [0, 0.05) is 12.1 Å². The summed E-state index contributed by atoms with van der Waals surface area (Å²) in [7, 11) is 0. The van der Waals surface area contributed by atoms with E-state index in [0.29, 0.717) is 0 Å². The van der Waals surface area contributed by atoms with Crippen molar-refractivity contribution in [3.8, 4) is 0 Å². The van der Waals surface area contributed by atoms with E-state index in [2.05, 4.69) is 25.7 Å². The van der Waals surface area contributed by atoms with Gasteiger partial charge in [-0.1, -0.05) is 13.3 Å². The van der Waals surface area contributed by atoms with Gasteiger partial charge < -0.3 is 10.6 Å². The van der Waals surface area contributed by atoms with Crippen LogP contribution in [0.15, 0.2) is 0 Å². The molecule has 0 radical (unpaired) electrons. The zero-order valence-corrected chi connectivity index (χ0v) is 10.8. The first-order chi connectivity index (χ1) is 7.01. The third-order valence-corrected chi connectivity index (χ3v) is 3.48. The van der Waals surface area contributed by atoms with Crippen molar-refractivity contribution in [3.05, 3.63) is 0 Å². The van der Waals surface area contributed by atoms with E-state index in [1.54, 1.807) is 0 Å². The van der Waals surface area contributed by atoms with Gasteiger partial charge in [-0.2, -0.15) is 0 Å². The Hall–Kier alpha value is -0.0800. The van der Waals surface area contributed by atoms with E-state index in [0.717, 1.165) is 12.3 Å². The number of nitrogens with two attached hydrogens (primary N) is 1. The number of piperidine rings is 1. The molecule has 1 saturated heterocycles. The lowest BCUT2D eigenvalue weighted by Gasteiger charge is -2.32. The SMILES string of the molecule is CCC1CCCN(CCCC(C)(C)N)C1. The van der Waals surface area contributed by atoms with Gasteiger partial charge in [-0.15, -0.1) is 0 Å². The highest BCUT2D eigenvalue weighted by atomic mass is 15.1. The monoisotopic (exact) mass is 212 g/mol. The van der Waals surface area contributed by atoms with Crippen LogP contribution in [0.25, 0.3) is 0 Å². The molecule has 0 amide bonds. The van der Waals surface area contributed by atoms with Crippen LogP contribution >= 0.6 is 0 Å². The van der Waals surface area contributed by atoms with Gasteiger partial charge in [-0.25, -0.2) is 0 Å². The Morgan fingerprint density at radius 3 is 2.73 bits per heavy atom. The molecule has 1 unspecified atom stereocenters. The highest BCUT2D eigenvalue weighted by Gasteiger charge is 2.18. The molecule has 0 aliphatic carbocycles. The first kappa shape index (κ1) is 13.0. The Morgan fingerprint density at radius 1 is 1.40 bits per heavy atom. The van der Waals surface area contributed by atoms with Gasteiger partial charge in [0.15, 0.2) is 0 Å². The van der Waals surface area contributed by atoms with E-state index in [9.17, 15) is 0 Å². The molecule has 1 atom stereocenters. The summed E-state index contributed by atoms with van der Waals surface area (Å²) in [6.45, 7) is 10.4. The average molecular weight is 212 g/mol. The molecule has 1 aliphatic heterocycles. The van der Waals surface area contributed by atoms with Crippen molar-refractivity contribution in [3.63, 3.8) is 0 Å². The van der Waals surface area contributed by atoms with E-state index < -0.39 is 0 Å². The molecule has 2 N–H and O–H groups in total. The summed E-state index contributed by atoms with van der Waals surface area (Å²) >= 11 is 0. The van der Waals surface area contributed by atoms with Gasteiger partial charge >= 0.3 is 0 Å². The largest absolute Gasteiger partial charge is 0.326 e. The maximum Gasteiger partial charge on any atom is 0.00975 e. The van der Waals surface area contributed by atoms with E-state index in [4.69, 9.17) is 5.73 Å². The number of hydrogen-bond donors (Lipinski definition) is 1. The van der Waals surface area contributed by atoms with Gasteiger partial charge in [0.2, 0.25) is 0 Å². The third-order valence-electron chi connectivity index (χ3n) is 3.48. The molecular weight excluding hydrogens is 184 g/mol. The molecule has 2 heteroatoms. The van der Waals surface area contributed by atoms with Gasteiger partial charge in [0.25, 0.3) is 0 Å². The van der Waals surface area contributed by atoms with Crippen molar-refractivity contribution >= 4 is 0 Å². The Labute approximate surface area is 95.2 Å². The van der Waals surface area contributed by atoms with Gasteiger partial charge in [-0.05, 0) is 58.5 Å². The molecule has 0 aromatic heterocycles. The fourth-order valence-corrected chi connectivity index (χ4v) is 2.45. The zero-order valence-electron chi connectivity index (χ0n) is 10.8. The van der Waals surface area contributed by atoms with E-state index >= 15 is 0 Å². The lowest BCUT2D eigenvalue weighted by molar-refractivity contribution is 0.166. The van der Waals surface area contributed by atoms with Crippen LogP contribution in [0, 0.1) is 5.92 Å². The molecule has 15 heavy (non-hydrogen) atoms. The predicted molar refractivity (Wildman–Crippen MR) is 67.0 cm³/mol. The lowest BCUT2D eigenvalue weighted by atomic mass is 9.95. The van der Waals surface area contributed by atoms with Crippen molar-refractivity contribution in [1.82, 2.24) is 4.90 Å². The van der Waals surface area contributed by atoms with Crippen LogP contribution in [0.3, 0.4) is 0 Å². The maximum absolute atomic E-state index is 5.99. The molecule has 0 saturated carbocycles. The second-order valence-corrected chi connectivity index (χ2v) is 5.81. The normalized spacial score (nSPS) is 24.4. The summed E-state index contributed by atoms with van der Waals surface area (Å²) in [5.41, 5.74) is 6.00. The zero-order chi connectivity index (χ0) is 11.3. The van der Waals surface area contributed by atoms with Crippen LogP contribution in [0.2, 0.25) is 0 Å². The lowest BCUT2D eigenvalue weighted by Crippen LogP contribution is -2.37. The summed E-state index contributed by atoms with van der Waals surface area (Å²) in [5.74, 6) is 0.949. The first-order valence-corrected chi connectivity index (χ1v) is 6.52. The van der Waals surface area contributed by atoms with Crippen LogP contribution in [0.5, 0.6) is 0 Å². The molecule has 90 valence electrons. The molecule has 1 rings (SSSR count). The van der Waals surface area contributed by atoms with Crippen LogP contribution < -0.4 is 5.73 Å². The summed E-state index contributed by atoms with van der Waals surface area (Å²) < 4.78 is 0. The highest BCUT2D eigenvalue weighted by molar-refractivity contribution is 4.75. The second kappa shape index (κ2) is 5.86. The smallest absolute Gasteiger partial charge is 0.00975 e. The van der Waals surface area contributed by atoms with Crippen molar-refractivity contribution in [2.24, 2.45) is 11.7 Å². The Balaban J connectivity index is 2.15. The molecule has 2 nitrogen and oxygen atoms in total. The molecule has 1 heterocycles. The summed E-state index contributed by atoms with van der Waals surface area (Å²) in [4.78, 5) is 2.63. The number of rotatable bonds is 5. The summed E-state index contributed by atoms with van der Waals surface area (Å²) in [6, 6.07) is 0. The van der Waals surface area contributed by atoms with Crippen LogP contribution in [-0.2, 0) is 0 Å². The van der Waals surface area contributed by atoms with Crippen molar-refractivity contribution in [2.45, 2.75) is 58.4 Å². The molecular formula is C13H28N2. The fraction of sp³-hybridized carbons (Fsp3) is 1.00. The van der Waals surface area contributed by atoms with Crippen LogP contribution in [0.4, 0.5) is 0 Å². The first-order valence-electron chi connectivity index (χ1n) is 6.52. The molecule has 0 bridgehead atoms. The standard InChI is InChI=1S/C13H28N2/c1-4-12-7-5-9-15(11-12)10-6-8-13(2,3)14/h12H,4-11,14H2,1-3H3. The minimum Gasteiger partial charge on any atom is -0.326 e. The van der Waals surface area contributed by atoms with Crippen molar-refractivity contribution < 1.29 is 0 Å². The van der Waals surface area contributed by atoms with E-state index in [1.807, 2.05) is 0 Å². The minimum absolute atomic E-state index is 0.0138. The highest BCUT2D eigenvalue weighted by Crippen LogP contribution is 2.19. The van der Waals surface area contributed by atoms with Crippen LogP contribution in [0.1, 0.15) is 52.9 Å². The molecule has 0 aromatic rings. The summed E-state index contributed by atoms with van der Waals surface area (Å²) in [6.07, 6.45) is 6.57. The van der Waals surface area contributed by atoms with E-state index in [1.165, 1.54) is 45.3 Å². The van der Waals surface area contributed by atoms with Crippen LogP contribution in [-0.4, -0.2) is 30.1 Å². The minimum atomic E-state index is 0.0138. The van der Waals surface area contributed by atoms with Crippen molar-refractivity contribution in [2.75, 3.05) is 19.6 Å². The summed E-state index contributed by atoms with van der Waals surface area (Å²) in [5, 5.41) is 0. The second-order valence-electron chi connectivity index (χ2n) is 5.81. The van der Waals surface area contributed by atoms with Crippen molar-refractivity contribution in [1.29, 1.82) is 0 Å². The topological polar surface area (TPSA) is 29.3 Å². The number of likely N-dealkylation sites (tertiary alicyclic amines) is 1. The predicted octanol–water partition coefficient (Wildman–Crippen LogP) is 2.63. The molecule has 1 fully saturated rings. The maximum atomic E-state index is 5.99. The third kappa shape index (κ3) is 5.53. The molecule has 1 aliphatic rings. The molecule has 0 spiro atoms. The Morgan fingerprint density at radius 2 is 2.13 bits per heavy atom. The average Bonchev–Trinajstić information content (AvgIpc) is 2.16. The Kier molecular flexibility index (Phi) is 5.07. The quantitative estimate of drug-likeness (QED) is 0.759. The number of hydrogen-bond acceptors (Lipinski definition) is 2. The van der Waals surface area contributed by atoms with E-state index in [-0.39, 0.29) is 5.54 Å². The molecule has 0 aromatic carbocycles.